The number of rotatable bonds is 5. The summed E-state index contributed by atoms with van der Waals surface area (Å²) in [7, 11) is 3.53. The number of hydrogen-bond acceptors (Lipinski definition) is 7. The van der Waals surface area contributed by atoms with Crippen LogP contribution in [0.1, 0.15) is 12.1 Å². The Morgan fingerprint density at radius 2 is 1.57 bits per heavy atom. The molecule has 2 aromatic rings. The molecule has 2 aliphatic rings. The Hall–Kier alpha value is -3.11. The fourth-order valence-corrected chi connectivity index (χ4v) is 5.36. The molecule has 40 heavy (non-hydrogen) atoms. The molecule has 3 heterocycles. The average Bonchev–Trinajstić information content (AvgIpc) is 3.26. The average molecular weight is 600 g/mol. The number of alkyl halides is 6. The van der Waals surface area contributed by atoms with Crippen molar-refractivity contribution in [1.82, 2.24) is 14.8 Å². The monoisotopic (exact) mass is 599 g/mol. The number of hydrogen-bond donors (Lipinski definition) is 2. The van der Waals surface area contributed by atoms with Gasteiger partial charge in [0.05, 0.1) is 17.3 Å². The number of ether oxygens (including phenoxy) is 1. The number of carboxylic acid groups (broad SMARTS) is 2. The largest absolute Gasteiger partial charge is 0.490 e. The van der Waals surface area contributed by atoms with Gasteiger partial charge in [0.15, 0.2) is 0 Å². The SMILES string of the molecule is CN(C)C(=O)COC1CSC2(C1)CN(Cc1ccc3ccccc3n1)C2.O=C(O)C(F)(F)F.O=C(O)C(F)(F)F. The minimum Gasteiger partial charge on any atom is -0.475 e. The van der Waals surface area contributed by atoms with Crippen molar-refractivity contribution >= 4 is 40.5 Å². The number of thioether (sulfide) groups is 1. The fourth-order valence-electron chi connectivity index (χ4n) is 3.75. The Labute approximate surface area is 229 Å². The van der Waals surface area contributed by atoms with E-state index in [0.29, 0.717) is 4.75 Å². The van der Waals surface area contributed by atoms with E-state index in [9.17, 15) is 31.1 Å². The molecule has 1 aromatic heterocycles. The number of halogens is 6. The number of benzene rings is 1. The Morgan fingerprint density at radius 3 is 2.10 bits per heavy atom. The molecule has 9 nitrogen and oxygen atoms in total. The number of fused-ring (bicyclic) bond motifs is 1. The van der Waals surface area contributed by atoms with E-state index in [1.54, 1.807) is 19.0 Å². The van der Waals surface area contributed by atoms with Gasteiger partial charge in [-0.3, -0.25) is 14.7 Å². The zero-order chi connectivity index (χ0) is 30.3. The fraction of sp³-hybridized carbons (Fsp3) is 0.500. The molecule has 2 N–H and O–H groups in total. The second kappa shape index (κ2) is 13.5. The van der Waals surface area contributed by atoms with Gasteiger partial charge in [-0.2, -0.15) is 26.3 Å². The first-order valence-electron chi connectivity index (χ1n) is 11.5. The lowest BCUT2D eigenvalue weighted by Gasteiger charge is -2.47. The van der Waals surface area contributed by atoms with Gasteiger partial charge in [0.1, 0.15) is 6.61 Å². The van der Waals surface area contributed by atoms with Crippen LogP contribution in [0.4, 0.5) is 26.3 Å². The maximum atomic E-state index is 11.7. The van der Waals surface area contributed by atoms with Crippen LogP contribution in [0.25, 0.3) is 10.9 Å². The number of para-hydroxylation sites is 1. The van der Waals surface area contributed by atoms with Gasteiger partial charge in [-0.25, -0.2) is 9.59 Å². The van der Waals surface area contributed by atoms with Crippen molar-refractivity contribution in [2.45, 2.75) is 36.2 Å². The Morgan fingerprint density at radius 1 is 1.02 bits per heavy atom. The van der Waals surface area contributed by atoms with Gasteiger partial charge in [0, 0.05) is 49.6 Å². The highest BCUT2D eigenvalue weighted by Gasteiger charge is 2.49. The van der Waals surface area contributed by atoms with E-state index in [-0.39, 0.29) is 18.6 Å². The second-order valence-corrected chi connectivity index (χ2v) is 10.7. The minimum atomic E-state index is -5.08. The quantitative estimate of drug-likeness (QED) is 0.496. The Balaban J connectivity index is 0.000000333. The van der Waals surface area contributed by atoms with E-state index in [4.69, 9.17) is 29.5 Å². The van der Waals surface area contributed by atoms with Crippen molar-refractivity contribution < 1.29 is 55.7 Å². The predicted octanol–water partition coefficient (Wildman–Crippen LogP) is 3.67. The summed E-state index contributed by atoms with van der Waals surface area (Å²) in [5.41, 5.74) is 2.19. The topological polar surface area (TPSA) is 120 Å². The van der Waals surface area contributed by atoms with Gasteiger partial charge >= 0.3 is 24.3 Å². The van der Waals surface area contributed by atoms with Crippen LogP contribution in [0.3, 0.4) is 0 Å². The van der Waals surface area contributed by atoms with Crippen molar-refractivity contribution in [3.05, 3.63) is 42.1 Å². The highest BCUT2D eigenvalue weighted by atomic mass is 32.2. The normalized spacial score (nSPS) is 18.1. The lowest BCUT2D eigenvalue weighted by Crippen LogP contribution is -2.58. The van der Waals surface area contributed by atoms with Crippen molar-refractivity contribution in [2.24, 2.45) is 0 Å². The predicted molar refractivity (Wildman–Crippen MR) is 133 cm³/mol. The number of aromatic nitrogens is 1. The molecule has 0 bridgehead atoms. The number of carboxylic acids is 2. The molecule has 2 aliphatic heterocycles. The summed E-state index contributed by atoms with van der Waals surface area (Å²) in [6.45, 7) is 3.25. The lowest BCUT2D eigenvalue weighted by atomic mass is 9.92. The molecule has 4 rings (SSSR count). The summed E-state index contributed by atoms with van der Waals surface area (Å²) in [4.78, 5) is 38.3. The highest BCUT2D eigenvalue weighted by Crippen LogP contribution is 2.46. The van der Waals surface area contributed by atoms with Crippen LogP contribution < -0.4 is 0 Å². The van der Waals surface area contributed by atoms with Crippen molar-refractivity contribution in [3.63, 3.8) is 0 Å². The first kappa shape index (κ1) is 33.1. The smallest absolute Gasteiger partial charge is 0.475 e. The third kappa shape index (κ3) is 10.1. The summed E-state index contributed by atoms with van der Waals surface area (Å²) < 4.78 is 69.6. The van der Waals surface area contributed by atoms with Gasteiger partial charge in [-0.1, -0.05) is 24.3 Å². The van der Waals surface area contributed by atoms with Crippen molar-refractivity contribution in [3.8, 4) is 0 Å². The van der Waals surface area contributed by atoms with Gasteiger partial charge in [-0.05, 0) is 18.6 Å². The van der Waals surface area contributed by atoms with Gasteiger partial charge < -0.3 is 19.8 Å². The molecule has 2 fully saturated rings. The number of carbonyl (C=O) groups excluding carboxylic acids is 1. The number of likely N-dealkylation sites (tertiary alicyclic amines) is 1. The Kier molecular flexibility index (Phi) is 11.2. The standard InChI is InChI=1S/C20H25N3O2S.2C2HF3O2/c1-22(2)19(24)11-25-17-9-20(26-12-17)13-23(14-20)10-16-8-7-15-5-3-4-6-18(15)21-16;2*3-2(4,5)1(6)7/h3-8,17H,9-14H2,1-2H3;2*(H,6,7). The van der Waals surface area contributed by atoms with Gasteiger partial charge in [0.25, 0.3) is 0 Å². The van der Waals surface area contributed by atoms with E-state index >= 15 is 0 Å². The molecule has 0 saturated carbocycles. The molecule has 1 amide bonds. The molecule has 222 valence electrons. The maximum Gasteiger partial charge on any atom is 0.490 e. The number of amides is 1. The summed E-state index contributed by atoms with van der Waals surface area (Å²) >= 11 is 2.00. The van der Waals surface area contributed by atoms with Gasteiger partial charge in [0.2, 0.25) is 5.91 Å². The van der Waals surface area contributed by atoms with Crippen molar-refractivity contribution in [1.29, 1.82) is 0 Å². The minimum absolute atomic E-state index is 0.0357. The highest BCUT2D eigenvalue weighted by molar-refractivity contribution is 8.01. The molecule has 1 spiro atoms. The molecule has 1 aromatic carbocycles. The van der Waals surface area contributed by atoms with E-state index < -0.39 is 24.3 Å². The van der Waals surface area contributed by atoms with Crippen LogP contribution in [0, 0.1) is 0 Å². The van der Waals surface area contributed by atoms with E-state index in [1.807, 2.05) is 23.9 Å². The van der Waals surface area contributed by atoms with Gasteiger partial charge in [-0.15, -0.1) is 11.8 Å². The lowest BCUT2D eigenvalue weighted by molar-refractivity contribution is -0.193. The summed E-state index contributed by atoms with van der Waals surface area (Å²) in [5.74, 6) is -4.49. The second-order valence-electron chi connectivity index (χ2n) is 9.17. The summed E-state index contributed by atoms with van der Waals surface area (Å²) in [5, 5.41) is 15.4. The maximum absolute atomic E-state index is 11.7. The van der Waals surface area contributed by atoms with Crippen molar-refractivity contribution in [2.75, 3.05) is 39.5 Å². The van der Waals surface area contributed by atoms with Crippen LogP contribution in [0.5, 0.6) is 0 Å². The molecule has 1 atom stereocenters. The van der Waals surface area contributed by atoms with Crippen LogP contribution in [0.2, 0.25) is 0 Å². The first-order chi connectivity index (χ1) is 18.4. The molecular formula is C24H27F6N3O6S. The number of carbonyl (C=O) groups is 3. The molecule has 1 unspecified atom stereocenters. The zero-order valence-electron chi connectivity index (χ0n) is 21.3. The third-order valence-electron chi connectivity index (χ3n) is 5.67. The molecular weight excluding hydrogens is 572 g/mol. The number of likely N-dealkylation sites (N-methyl/N-ethyl adjacent to an activating group) is 1. The van der Waals surface area contributed by atoms with E-state index in [1.165, 1.54) is 5.39 Å². The zero-order valence-corrected chi connectivity index (χ0v) is 22.1. The van der Waals surface area contributed by atoms with Crippen LogP contribution in [0.15, 0.2) is 36.4 Å². The van der Waals surface area contributed by atoms with Crippen LogP contribution in [-0.2, 0) is 25.7 Å². The summed E-state index contributed by atoms with van der Waals surface area (Å²) in [6.07, 6.45) is -8.93. The van der Waals surface area contributed by atoms with E-state index in [0.717, 1.165) is 43.0 Å². The number of nitrogens with zero attached hydrogens (tertiary/aromatic N) is 3. The molecule has 0 radical (unpaired) electrons. The number of aliphatic carboxylic acids is 2. The third-order valence-corrected chi connectivity index (χ3v) is 7.24. The Bertz CT molecular complexity index is 1160. The van der Waals surface area contributed by atoms with E-state index in [2.05, 4.69) is 29.2 Å². The first-order valence-corrected chi connectivity index (χ1v) is 12.5. The number of pyridine rings is 1. The summed E-state index contributed by atoms with van der Waals surface area (Å²) in [6, 6.07) is 12.5. The molecule has 0 aliphatic carbocycles. The molecule has 16 heteroatoms. The molecule has 2 saturated heterocycles. The van der Waals surface area contributed by atoms with Crippen LogP contribution in [-0.4, -0.2) is 106 Å². The van der Waals surface area contributed by atoms with Crippen LogP contribution >= 0.6 is 11.8 Å².